The molecule has 2 N–H and O–H groups in total. The predicted molar refractivity (Wildman–Crippen MR) is 50.6 cm³/mol. The van der Waals surface area contributed by atoms with Crippen molar-refractivity contribution in [3.05, 3.63) is 29.3 Å². The minimum absolute atomic E-state index is 0.232. The van der Waals surface area contributed by atoms with Crippen molar-refractivity contribution >= 4 is 0 Å². The quantitative estimate of drug-likeness (QED) is 0.847. The molecule has 0 atom stereocenters. The summed E-state index contributed by atoms with van der Waals surface area (Å²) >= 11 is 0. The van der Waals surface area contributed by atoms with Gasteiger partial charge in [-0.3, -0.25) is 0 Å². The molecule has 0 unspecified atom stereocenters. The summed E-state index contributed by atoms with van der Waals surface area (Å²) in [4.78, 5) is 0. The fraction of sp³-hybridized carbons (Fsp3) is 0.400. The lowest BCUT2D eigenvalue weighted by Crippen LogP contribution is -2.19. The van der Waals surface area contributed by atoms with Gasteiger partial charge in [-0.1, -0.05) is 12.1 Å². The van der Waals surface area contributed by atoms with Crippen molar-refractivity contribution in [1.82, 2.24) is 0 Å². The minimum Gasteiger partial charge on any atom is -0.484 e. The Hall–Kier alpha value is -1.23. The summed E-state index contributed by atoms with van der Waals surface area (Å²) in [5.41, 5.74) is 6.78. The first-order chi connectivity index (χ1) is 6.92. The van der Waals surface area contributed by atoms with Crippen molar-refractivity contribution in [3.63, 3.8) is 0 Å². The smallest absolute Gasteiger partial charge is 0.422 e. The van der Waals surface area contributed by atoms with Gasteiger partial charge in [0.25, 0.3) is 0 Å². The lowest BCUT2D eigenvalue weighted by Gasteiger charge is -2.12. The van der Waals surface area contributed by atoms with E-state index in [2.05, 4.69) is 4.74 Å². The third-order valence-electron chi connectivity index (χ3n) is 1.88. The van der Waals surface area contributed by atoms with Crippen LogP contribution in [0.2, 0.25) is 0 Å². The Kier molecular flexibility index (Phi) is 3.57. The molecule has 1 aromatic carbocycles. The number of aryl methyl sites for hydroxylation is 1. The first-order valence-electron chi connectivity index (χ1n) is 4.41. The second kappa shape index (κ2) is 4.53. The number of alkyl halides is 3. The van der Waals surface area contributed by atoms with Crippen molar-refractivity contribution in [3.8, 4) is 5.75 Å². The van der Waals surface area contributed by atoms with E-state index in [0.29, 0.717) is 5.56 Å². The van der Waals surface area contributed by atoms with Crippen molar-refractivity contribution in [1.29, 1.82) is 0 Å². The molecular formula is C10H12F3NO. The first kappa shape index (κ1) is 11.8. The SMILES string of the molecule is Cc1ccc(CN)cc1OCC(F)(F)F. The van der Waals surface area contributed by atoms with E-state index in [-0.39, 0.29) is 12.3 Å². The van der Waals surface area contributed by atoms with Gasteiger partial charge in [-0.15, -0.1) is 0 Å². The largest absolute Gasteiger partial charge is 0.484 e. The third kappa shape index (κ3) is 3.79. The lowest BCUT2D eigenvalue weighted by atomic mass is 10.1. The highest BCUT2D eigenvalue weighted by Gasteiger charge is 2.28. The number of hydrogen-bond acceptors (Lipinski definition) is 2. The number of ether oxygens (including phenoxy) is 1. The molecule has 1 rings (SSSR count). The van der Waals surface area contributed by atoms with Crippen molar-refractivity contribution < 1.29 is 17.9 Å². The van der Waals surface area contributed by atoms with Crippen molar-refractivity contribution in [2.24, 2.45) is 5.73 Å². The molecule has 0 aliphatic carbocycles. The van der Waals surface area contributed by atoms with Gasteiger partial charge in [-0.05, 0) is 24.1 Å². The van der Waals surface area contributed by atoms with Gasteiger partial charge in [0, 0.05) is 6.54 Å². The zero-order chi connectivity index (χ0) is 11.5. The normalized spacial score (nSPS) is 11.5. The number of benzene rings is 1. The summed E-state index contributed by atoms with van der Waals surface area (Å²) < 4.78 is 40.4. The second-order valence-electron chi connectivity index (χ2n) is 3.21. The predicted octanol–water partition coefficient (Wildman–Crippen LogP) is 2.39. The average molecular weight is 219 g/mol. The molecule has 0 saturated heterocycles. The van der Waals surface area contributed by atoms with Crippen LogP contribution in [0.4, 0.5) is 13.2 Å². The van der Waals surface area contributed by atoms with E-state index in [9.17, 15) is 13.2 Å². The van der Waals surface area contributed by atoms with E-state index < -0.39 is 12.8 Å². The van der Waals surface area contributed by atoms with Gasteiger partial charge in [0.05, 0.1) is 0 Å². The van der Waals surface area contributed by atoms with E-state index in [1.54, 1.807) is 19.1 Å². The summed E-state index contributed by atoms with van der Waals surface area (Å²) in [6.07, 6.45) is -4.31. The standard InChI is InChI=1S/C10H12F3NO/c1-7-2-3-8(5-14)4-9(7)15-6-10(11,12)13/h2-4H,5-6,14H2,1H3. The first-order valence-corrected chi connectivity index (χ1v) is 4.41. The number of hydrogen-bond donors (Lipinski definition) is 1. The van der Waals surface area contributed by atoms with Gasteiger partial charge in [-0.25, -0.2) is 0 Å². The van der Waals surface area contributed by atoms with Crippen LogP contribution in [0.1, 0.15) is 11.1 Å². The van der Waals surface area contributed by atoms with Crippen LogP contribution >= 0.6 is 0 Å². The molecule has 5 heteroatoms. The Bertz CT molecular complexity index is 336. The fourth-order valence-corrected chi connectivity index (χ4v) is 1.09. The molecule has 2 nitrogen and oxygen atoms in total. The monoisotopic (exact) mass is 219 g/mol. The Morgan fingerprint density at radius 3 is 2.53 bits per heavy atom. The average Bonchev–Trinajstić information content (AvgIpc) is 2.15. The van der Waals surface area contributed by atoms with Crippen LogP contribution in [0.15, 0.2) is 18.2 Å². The molecule has 0 radical (unpaired) electrons. The Morgan fingerprint density at radius 1 is 1.33 bits per heavy atom. The lowest BCUT2D eigenvalue weighted by molar-refractivity contribution is -0.153. The molecule has 0 heterocycles. The number of halogens is 3. The highest BCUT2D eigenvalue weighted by Crippen LogP contribution is 2.22. The molecule has 84 valence electrons. The van der Waals surface area contributed by atoms with Crippen LogP contribution in [-0.2, 0) is 6.54 Å². The summed E-state index contributed by atoms with van der Waals surface area (Å²) in [6.45, 7) is 0.691. The summed E-state index contributed by atoms with van der Waals surface area (Å²) in [5, 5.41) is 0. The van der Waals surface area contributed by atoms with Gasteiger partial charge < -0.3 is 10.5 Å². The van der Waals surface area contributed by atoms with Crippen LogP contribution in [-0.4, -0.2) is 12.8 Å². The maximum Gasteiger partial charge on any atom is 0.422 e. The van der Waals surface area contributed by atoms with Gasteiger partial charge in [0.2, 0.25) is 0 Å². The number of nitrogens with two attached hydrogens (primary N) is 1. The molecule has 0 aliphatic rings. The maximum absolute atomic E-state index is 11.9. The molecule has 0 spiro atoms. The summed E-state index contributed by atoms with van der Waals surface area (Å²) in [7, 11) is 0. The molecule has 0 aliphatic heterocycles. The molecule has 0 saturated carbocycles. The van der Waals surface area contributed by atoms with E-state index >= 15 is 0 Å². The Labute approximate surface area is 85.8 Å². The zero-order valence-corrected chi connectivity index (χ0v) is 8.27. The van der Waals surface area contributed by atoms with Gasteiger partial charge >= 0.3 is 6.18 Å². The van der Waals surface area contributed by atoms with E-state index in [4.69, 9.17) is 5.73 Å². The topological polar surface area (TPSA) is 35.2 Å². The molecule has 0 aromatic heterocycles. The number of rotatable bonds is 3. The van der Waals surface area contributed by atoms with Crippen LogP contribution in [0, 0.1) is 6.92 Å². The fourth-order valence-electron chi connectivity index (χ4n) is 1.09. The third-order valence-corrected chi connectivity index (χ3v) is 1.88. The maximum atomic E-state index is 11.9. The van der Waals surface area contributed by atoms with Gasteiger partial charge in [-0.2, -0.15) is 13.2 Å². The van der Waals surface area contributed by atoms with Crippen LogP contribution < -0.4 is 10.5 Å². The minimum atomic E-state index is -4.31. The molecular weight excluding hydrogens is 207 g/mol. The molecule has 0 amide bonds. The van der Waals surface area contributed by atoms with E-state index in [1.807, 2.05) is 0 Å². The highest BCUT2D eigenvalue weighted by atomic mass is 19.4. The van der Waals surface area contributed by atoms with Crippen LogP contribution in [0.3, 0.4) is 0 Å². The van der Waals surface area contributed by atoms with E-state index in [1.165, 1.54) is 6.07 Å². The summed E-state index contributed by atoms with van der Waals surface area (Å²) in [6, 6.07) is 4.98. The summed E-state index contributed by atoms with van der Waals surface area (Å²) in [5.74, 6) is 0.232. The second-order valence-corrected chi connectivity index (χ2v) is 3.21. The van der Waals surface area contributed by atoms with Crippen molar-refractivity contribution in [2.45, 2.75) is 19.6 Å². The Balaban J connectivity index is 2.75. The Morgan fingerprint density at radius 2 is 2.00 bits per heavy atom. The van der Waals surface area contributed by atoms with Crippen LogP contribution in [0.25, 0.3) is 0 Å². The highest BCUT2D eigenvalue weighted by molar-refractivity contribution is 5.36. The van der Waals surface area contributed by atoms with Crippen LogP contribution in [0.5, 0.6) is 5.75 Å². The molecule has 15 heavy (non-hydrogen) atoms. The van der Waals surface area contributed by atoms with Crippen molar-refractivity contribution in [2.75, 3.05) is 6.61 Å². The zero-order valence-electron chi connectivity index (χ0n) is 8.27. The van der Waals surface area contributed by atoms with Gasteiger partial charge in [0.15, 0.2) is 6.61 Å². The molecule has 0 bridgehead atoms. The molecule has 0 fully saturated rings. The van der Waals surface area contributed by atoms with E-state index in [0.717, 1.165) is 5.56 Å². The van der Waals surface area contributed by atoms with Gasteiger partial charge in [0.1, 0.15) is 5.75 Å². The molecule has 1 aromatic rings.